The monoisotopic (exact) mass is 419 g/mol. The summed E-state index contributed by atoms with van der Waals surface area (Å²) in [5.41, 5.74) is 0. The van der Waals surface area contributed by atoms with E-state index < -0.39 is 0 Å². The number of aromatic nitrogens is 3. The van der Waals surface area contributed by atoms with E-state index in [-0.39, 0.29) is 12.5 Å². The van der Waals surface area contributed by atoms with Crippen LogP contribution in [0.3, 0.4) is 0 Å². The van der Waals surface area contributed by atoms with Crippen LogP contribution in [-0.4, -0.2) is 40.1 Å². The molecule has 1 aromatic carbocycles. The molecular formula is C19H19Cl2N5O2. The molecule has 0 bridgehead atoms. The fraction of sp³-hybridized carbons (Fsp3) is 0.211. The smallest absolute Gasteiger partial charge is 0.258 e. The first kappa shape index (κ1) is 20.0. The van der Waals surface area contributed by atoms with E-state index in [1.165, 1.54) is 0 Å². The zero-order valence-corrected chi connectivity index (χ0v) is 16.7. The summed E-state index contributed by atoms with van der Waals surface area (Å²) in [6.45, 7) is 2.62. The molecule has 2 N–H and O–H groups in total. The third kappa shape index (κ3) is 5.61. The van der Waals surface area contributed by atoms with Crippen molar-refractivity contribution >= 4 is 34.9 Å². The lowest BCUT2D eigenvalue weighted by atomic mass is 10.3. The summed E-state index contributed by atoms with van der Waals surface area (Å²) in [5, 5.41) is 6.81. The Labute approximate surface area is 172 Å². The molecule has 0 spiro atoms. The Hall–Kier alpha value is -2.77. The number of anilines is 1. The Kier molecular flexibility index (Phi) is 6.73. The van der Waals surface area contributed by atoms with Gasteiger partial charge in [-0.15, -0.1) is 0 Å². The van der Waals surface area contributed by atoms with Crippen molar-refractivity contribution in [2.75, 3.05) is 25.0 Å². The van der Waals surface area contributed by atoms with Crippen molar-refractivity contribution in [2.45, 2.75) is 6.92 Å². The maximum atomic E-state index is 11.9. The summed E-state index contributed by atoms with van der Waals surface area (Å²) in [6, 6.07) is 10.5. The Morgan fingerprint density at radius 2 is 1.93 bits per heavy atom. The predicted molar refractivity (Wildman–Crippen MR) is 110 cm³/mol. The lowest BCUT2D eigenvalue weighted by Gasteiger charge is -2.11. The van der Waals surface area contributed by atoms with Crippen LogP contribution in [0.1, 0.15) is 5.82 Å². The Bertz CT molecular complexity index is 948. The number of ether oxygens (including phenoxy) is 1. The first-order valence-electron chi connectivity index (χ1n) is 8.59. The average Bonchev–Trinajstić information content (AvgIpc) is 3.19. The van der Waals surface area contributed by atoms with Crippen LogP contribution in [0.2, 0.25) is 10.0 Å². The van der Waals surface area contributed by atoms with E-state index in [0.717, 1.165) is 5.82 Å². The van der Waals surface area contributed by atoms with E-state index in [9.17, 15) is 4.79 Å². The molecule has 1 amide bonds. The molecule has 0 unspecified atom stereocenters. The number of carbonyl (C=O) groups excluding carboxylic acids is 1. The SMILES string of the molecule is Cc1nc(NCCNC(=O)COc2ccc(Cl)cc2Cl)cc(-n2cccc2)n1. The van der Waals surface area contributed by atoms with Gasteiger partial charge in [0, 0.05) is 36.6 Å². The van der Waals surface area contributed by atoms with Gasteiger partial charge < -0.3 is 19.9 Å². The van der Waals surface area contributed by atoms with Gasteiger partial charge in [-0.05, 0) is 37.3 Å². The number of carbonyl (C=O) groups is 1. The quantitative estimate of drug-likeness (QED) is 0.546. The standard InChI is InChI=1S/C19H19Cl2N5O2/c1-13-24-17(11-18(25-13)26-8-2-3-9-26)22-6-7-23-19(27)12-28-16-5-4-14(20)10-15(16)21/h2-5,8-11H,6-7,12H2,1H3,(H,23,27)(H,22,24,25). The van der Waals surface area contributed by atoms with E-state index in [1.54, 1.807) is 18.2 Å². The number of halogens is 2. The molecule has 0 saturated carbocycles. The molecule has 0 saturated heterocycles. The third-order valence-corrected chi connectivity index (χ3v) is 4.23. The second kappa shape index (κ2) is 9.43. The fourth-order valence-corrected chi connectivity index (χ4v) is 2.90. The van der Waals surface area contributed by atoms with Gasteiger partial charge in [-0.2, -0.15) is 0 Å². The molecule has 0 radical (unpaired) electrons. The lowest BCUT2D eigenvalue weighted by molar-refractivity contribution is -0.123. The molecule has 9 heteroatoms. The number of nitrogens with one attached hydrogen (secondary N) is 2. The lowest BCUT2D eigenvalue weighted by Crippen LogP contribution is -2.32. The van der Waals surface area contributed by atoms with Gasteiger partial charge in [0.25, 0.3) is 5.91 Å². The van der Waals surface area contributed by atoms with Crippen LogP contribution in [0, 0.1) is 6.92 Å². The molecule has 0 aliphatic heterocycles. The molecule has 0 aliphatic carbocycles. The number of aryl methyl sites for hydroxylation is 1. The number of amides is 1. The van der Waals surface area contributed by atoms with Crippen LogP contribution in [-0.2, 0) is 4.79 Å². The fourth-order valence-electron chi connectivity index (χ4n) is 2.44. The van der Waals surface area contributed by atoms with Crippen molar-refractivity contribution in [1.82, 2.24) is 19.9 Å². The van der Waals surface area contributed by atoms with Crippen molar-refractivity contribution in [3.63, 3.8) is 0 Å². The first-order valence-corrected chi connectivity index (χ1v) is 9.34. The van der Waals surface area contributed by atoms with Gasteiger partial charge in [0.15, 0.2) is 6.61 Å². The van der Waals surface area contributed by atoms with Gasteiger partial charge in [0.2, 0.25) is 0 Å². The molecule has 0 aliphatic rings. The van der Waals surface area contributed by atoms with Gasteiger partial charge in [-0.1, -0.05) is 23.2 Å². The molecule has 28 heavy (non-hydrogen) atoms. The second-order valence-corrected chi connectivity index (χ2v) is 6.73. The summed E-state index contributed by atoms with van der Waals surface area (Å²) in [5.74, 6) is 2.28. The van der Waals surface area contributed by atoms with Crippen LogP contribution >= 0.6 is 23.2 Å². The highest BCUT2D eigenvalue weighted by Crippen LogP contribution is 2.27. The number of hydrogen-bond donors (Lipinski definition) is 2. The van der Waals surface area contributed by atoms with Gasteiger partial charge in [-0.3, -0.25) is 4.79 Å². The minimum Gasteiger partial charge on any atom is -0.482 e. The van der Waals surface area contributed by atoms with Crippen molar-refractivity contribution < 1.29 is 9.53 Å². The zero-order chi connectivity index (χ0) is 19.9. The van der Waals surface area contributed by atoms with E-state index in [2.05, 4.69) is 20.6 Å². The number of hydrogen-bond acceptors (Lipinski definition) is 5. The Balaban J connectivity index is 1.43. The van der Waals surface area contributed by atoms with Crippen molar-refractivity contribution in [3.8, 4) is 11.6 Å². The second-order valence-electron chi connectivity index (χ2n) is 5.89. The van der Waals surface area contributed by atoms with Crippen molar-refractivity contribution in [3.05, 3.63) is 64.7 Å². The van der Waals surface area contributed by atoms with Crippen LogP contribution < -0.4 is 15.4 Å². The topological polar surface area (TPSA) is 81.1 Å². The minimum atomic E-state index is -0.250. The molecule has 2 aromatic heterocycles. The Morgan fingerprint density at radius 3 is 2.68 bits per heavy atom. The van der Waals surface area contributed by atoms with E-state index >= 15 is 0 Å². The van der Waals surface area contributed by atoms with Gasteiger partial charge in [-0.25, -0.2) is 9.97 Å². The van der Waals surface area contributed by atoms with Crippen LogP contribution in [0.4, 0.5) is 5.82 Å². The summed E-state index contributed by atoms with van der Waals surface area (Å²) in [7, 11) is 0. The van der Waals surface area contributed by atoms with Crippen molar-refractivity contribution in [2.24, 2.45) is 0 Å². The summed E-state index contributed by atoms with van der Waals surface area (Å²) >= 11 is 11.8. The van der Waals surface area contributed by atoms with Gasteiger partial charge >= 0.3 is 0 Å². The molecule has 3 aromatic rings. The van der Waals surface area contributed by atoms with E-state index in [0.29, 0.717) is 40.5 Å². The molecule has 2 heterocycles. The zero-order valence-electron chi connectivity index (χ0n) is 15.2. The maximum absolute atomic E-state index is 11.9. The molecule has 3 rings (SSSR count). The highest BCUT2D eigenvalue weighted by atomic mass is 35.5. The van der Waals surface area contributed by atoms with E-state index in [1.807, 2.05) is 42.1 Å². The molecule has 0 atom stereocenters. The Morgan fingerprint density at radius 1 is 1.14 bits per heavy atom. The normalized spacial score (nSPS) is 10.5. The molecule has 146 valence electrons. The number of rotatable bonds is 8. The third-order valence-electron chi connectivity index (χ3n) is 3.70. The first-order chi connectivity index (χ1) is 13.5. The predicted octanol–water partition coefficient (Wildman–Crippen LogP) is 3.49. The molecule has 7 nitrogen and oxygen atoms in total. The van der Waals surface area contributed by atoms with Crippen LogP contribution in [0.5, 0.6) is 5.75 Å². The maximum Gasteiger partial charge on any atom is 0.258 e. The van der Waals surface area contributed by atoms with Gasteiger partial charge in [0.1, 0.15) is 23.2 Å². The summed E-state index contributed by atoms with van der Waals surface area (Å²) in [6.07, 6.45) is 3.83. The summed E-state index contributed by atoms with van der Waals surface area (Å²) in [4.78, 5) is 20.7. The number of benzene rings is 1. The largest absolute Gasteiger partial charge is 0.482 e. The highest BCUT2D eigenvalue weighted by Gasteiger charge is 2.07. The van der Waals surface area contributed by atoms with Crippen LogP contribution in [0.15, 0.2) is 48.8 Å². The number of nitrogens with zero attached hydrogens (tertiary/aromatic N) is 3. The minimum absolute atomic E-state index is 0.133. The van der Waals surface area contributed by atoms with Gasteiger partial charge in [0.05, 0.1) is 5.02 Å². The molecule has 0 fully saturated rings. The van der Waals surface area contributed by atoms with Crippen molar-refractivity contribution in [1.29, 1.82) is 0 Å². The molecular weight excluding hydrogens is 401 g/mol. The summed E-state index contributed by atoms with van der Waals surface area (Å²) < 4.78 is 7.30. The van der Waals surface area contributed by atoms with Crippen LogP contribution in [0.25, 0.3) is 5.82 Å². The highest BCUT2D eigenvalue weighted by molar-refractivity contribution is 6.35. The average molecular weight is 420 g/mol. The van der Waals surface area contributed by atoms with E-state index in [4.69, 9.17) is 27.9 Å².